The van der Waals surface area contributed by atoms with E-state index in [0.29, 0.717) is 0 Å². The topological polar surface area (TPSA) is 0 Å². The van der Waals surface area contributed by atoms with Gasteiger partial charge in [0.1, 0.15) is 0 Å². The van der Waals surface area contributed by atoms with E-state index in [4.69, 9.17) is 6.42 Å². The lowest BCUT2D eigenvalue weighted by Gasteiger charge is -2.18. The van der Waals surface area contributed by atoms with Crippen LogP contribution in [0.2, 0.25) is 0 Å². The summed E-state index contributed by atoms with van der Waals surface area (Å²) >= 11 is 0. The Balaban J connectivity index is 0.000000461. The molecule has 0 amide bonds. The maximum Gasteiger partial charge on any atom is 0.0114 e. The number of hydrogen-bond acceptors (Lipinski definition) is 0. The normalized spacial score (nSPS) is 17.9. The minimum Gasteiger partial charge on any atom is -0.120 e. The first kappa shape index (κ1) is 10.6. The molecule has 1 rings (SSSR count). The third kappa shape index (κ3) is 4.90. The highest BCUT2D eigenvalue weighted by atomic mass is 14.2. The number of rotatable bonds is 1. The summed E-state index contributed by atoms with van der Waals surface area (Å²) in [7, 11) is 0. The molecule has 0 bridgehead atoms. The highest BCUT2D eigenvalue weighted by Crippen LogP contribution is 2.25. The van der Waals surface area contributed by atoms with E-state index < -0.39 is 0 Å². The van der Waals surface area contributed by atoms with Gasteiger partial charge in [-0.2, -0.15) is 0 Å². The van der Waals surface area contributed by atoms with Gasteiger partial charge in [0.05, 0.1) is 0 Å². The summed E-state index contributed by atoms with van der Waals surface area (Å²) in [5.74, 6) is 3.60. The molecule has 0 aromatic carbocycles. The molecule has 0 nitrogen and oxygen atoms in total. The summed E-state index contributed by atoms with van der Waals surface area (Å²) in [5, 5.41) is 0. The van der Waals surface area contributed by atoms with Crippen LogP contribution in [0.3, 0.4) is 0 Å². The Kier molecular flexibility index (Phi) is 7.36. The van der Waals surface area contributed by atoms with Crippen molar-refractivity contribution < 1.29 is 0 Å². The van der Waals surface area contributed by atoms with Gasteiger partial charge in [-0.25, -0.2) is 0 Å². The van der Waals surface area contributed by atoms with Crippen LogP contribution in [-0.4, -0.2) is 0 Å². The smallest absolute Gasteiger partial charge is 0.0114 e. The Bertz CT molecular complexity index is 102. The lowest BCUT2D eigenvalue weighted by Crippen LogP contribution is -2.04. The molecular formula is C11H20. The van der Waals surface area contributed by atoms with Crippen molar-refractivity contribution in [3.8, 4) is 12.3 Å². The highest BCUT2D eigenvalue weighted by molar-refractivity contribution is 4.87. The van der Waals surface area contributed by atoms with Crippen LogP contribution in [0.15, 0.2) is 0 Å². The minimum absolute atomic E-state index is 0.865. The van der Waals surface area contributed by atoms with Crippen molar-refractivity contribution in [3.63, 3.8) is 0 Å². The molecule has 0 spiro atoms. The van der Waals surface area contributed by atoms with E-state index >= 15 is 0 Å². The van der Waals surface area contributed by atoms with E-state index in [1.54, 1.807) is 0 Å². The van der Waals surface area contributed by atoms with E-state index in [9.17, 15) is 0 Å². The molecule has 1 fully saturated rings. The van der Waals surface area contributed by atoms with Crippen LogP contribution in [0.5, 0.6) is 0 Å². The zero-order valence-corrected chi connectivity index (χ0v) is 7.90. The summed E-state index contributed by atoms with van der Waals surface area (Å²) in [4.78, 5) is 0. The van der Waals surface area contributed by atoms with E-state index in [2.05, 4.69) is 5.92 Å². The number of hydrogen-bond donors (Lipinski definition) is 0. The predicted octanol–water partition coefficient (Wildman–Crippen LogP) is 3.62. The SMILES string of the molecule is C#CCC1CCCCC1.CC. The molecule has 0 radical (unpaired) electrons. The fraction of sp³-hybridized carbons (Fsp3) is 0.818. The van der Waals surface area contributed by atoms with Crippen LogP contribution in [0.1, 0.15) is 52.4 Å². The minimum atomic E-state index is 0.865. The first-order valence-corrected chi connectivity index (χ1v) is 4.87. The molecule has 0 aromatic rings. The van der Waals surface area contributed by atoms with Crippen molar-refractivity contribution in [2.24, 2.45) is 5.92 Å². The first-order valence-electron chi connectivity index (χ1n) is 4.87. The molecular weight excluding hydrogens is 132 g/mol. The molecule has 0 atom stereocenters. The average Bonchev–Trinajstić information content (AvgIpc) is 2.11. The Hall–Kier alpha value is -0.440. The fourth-order valence-corrected chi connectivity index (χ4v) is 1.56. The monoisotopic (exact) mass is 152 g/mol. The quantitative estimate of drug-likeness (QED) is 0.503. The molecule has 11 heavy (non-hydrogen) atoms. The van der Waals surface area contributed by atoms with E-state index in [-0.39, 0.29) is 0 Å². The van der Waals surface area contributed by atoms with Crippen molar-refractivity contribution in [2.75, 3.05) is 0 Å². The van der Waals surface area contributed by atoms with E-state index in [0.717, 1.165) is 12.3 Å². The van der Waals surface area contributed by atoms with Crippen LogP contribution in [0.4, 0.5) is 0 Å². The van der Waals surface area contributed by atoms with Gasteiger partial charge >= 0.3 is 0 Å². The summed E-state index contributed by atoms with van der Waals surface area (Å²) in [6, 6.07) is 0. The summed E-state index contributed by atoms with van der Waals surface area (Å²) in [6.07, 6.45) is 13.2. The molecule has 0 aliphatic heterocycles. The second kappa shape index (κ2) is 7.66. The van der Waals surface area contributed by atoms with Gasteiger partial charge in [0, 0.05) is 6.42 Å². The van der Waals surface area contributed by atoms with Gasteiger partial charge in [0.25, 0.3) is 0 Å². The van der Waals surface area contributed by atoms with Gasteiger partial charge in [-0.15, -0.1) is 12.3 Å². The second-order valence-corrected chi connectivity index (χ2v) is 2.91. The summed E-state index contributed by atoms with van der Waals surface area (Å²) < 4.78 is 0. The molecule has 0 N–H and O–H groups in total. The van der Waals surface area contributed by atoms with Crippen molar-refractivity contribution in [3.05, 3.63) is 0 Å². The molecule has 0 heteroatoms. The lowest BCUT2D eigenvalue weighted by atomic mass is 9.87. The summed E-state index contributed by atoms with van der Waals surface area (Å²) in [6.45, 7) is 4.00. The maximum absolute atomic E-state index is 5.21. The predicted molar refractivity (Wildman–Crippen MR) is 51.4 cm³/mol. The number of terminal acetylenes is 1. The molecule has 0 saturated heterocycles. The van der Waals surface area contributed by atoms with Crippen LogP contribution >= 0.6 is 0 Å². The molecule has 1 aliphatic carbocycles. The van der Waals surface area contributed by atoms with E-state index in [1.165, 1.54) is 32.1 Å². The van der Waals surface area contributed by atoms with E-state index in [1.807, 2.05) is 13.8 Å². The molecule has 64 valence electrons. The van der Waals surface area contributed by atoms with Crippen LogP contribution in [0.25, 0.3) is 0 Å². The molecule has 1 saturated carbocycles. The zero-order chi connectivity index (χ0) is 8.53. The molecule has 1 aliphatic rings. The van der Waals surface area contributed by atoms with Gasteiger partial charge in [-0.1, -0.05) is 33.1 Å². The van der Waals surface area contributed by atoms with Crippen LogP contribution < -0.4 is 0 Å². The third-order valence-corrected chi connectivity index (χ3v) is 2.13. The lowest BCUT2D eigenvalue weighted by molar-refractivity contribution is 0.365. The maximum atomic E-state index is 5.21. The molecule has 0 aromatic heterocycles. The molecule has 0 heterocycles. The Morgan fingerprint density at radius 1 is 1.18 bits per heavy atom. The standard InChI is InChI=1S/C9H14.C2H6/c1-2-6-9-7-4-3-5-8-9;1-2/h1,9H,3-8H2;1-2H3. The Morgan fingerprint density at radius 3 is 2.18 bits per heavy atom. The third-order valence-electron chi connectivity index (χ3n) is 2.13. The largest absolute Gasteiger partial charge is 0.120 e. The average molecular weight is 152 g/mol. The first-order chi connectivity index (χ1) is 5.43. The van der Waals surface area contributed by atoms with Gasteiger partial charge in [-0.05, 0) is 18.8 Å². The van der Waals surface area contributed by atoms with Gasteiger partial charge in [-0.3, -0.25) is 0 Å². The van der Waals surface area contributed by atoms with Gasteiger partial charge in [0.2, 0.25) is 0 Å². The van der Waals surface area contributed by atoms with Crippen molar-refractivity contribution in [1.29, 1.82) is 0 Å². The highest BCUT2D eigenvalue weighted by Gasteiger charge is 2.10. The Labute approximate surface area is 71.4 Å². The Morgan fingerprint density at radius 2 is 1.73 bits per heavy atom. The van der Waals surface area contributed by atoms with Crippen molar-refractivity contribution in [2.45, 2.75) is 52.4 Å². The summed E-state index contributed by atoms with van der Waals surface area (Å²) in [5.41, 5.74) is 0. The zero-order valence-electron chi connectivity index (χ0n) is 7.90. The van der Waals surface area contributed by atoms with Gasteiger partial charge in [0.15, 0.2) is 0 Å². The van der Waals surface area contributed by atoms with Crippen LogP contribution in [-0.2, 0) is 0 Å². The fourth-order valence-electron chi connectivity index (χ4n) is 1.56. The molecule has 0 unspecified atom stereocenters. The van der Waals surface area contributed by atoms with Crippen LogP contribution in [0, 0.1) is 18.3 Å². The second-order valence-electron chi connectivity index (χ2n) is 2.91. The van der Waals surface area contributed by atoms with Crippen molar-refractivity contribution in [1.82, 2.24) is 0 Å². The van der Waals surface area contributed by atoms with Gasteiger partial charge < -0.3 is 0 Å². The van der Waals surface area contributed by atoms with Crippen molar-refractivity contribution >= 4 is 0 Å².